The molecule has 0 aromatic carbocycles. The fraction of sp³-hybridized carbons (Fsp3) is 1.00. The van der Waals surface area contributed by atoms with Crippen LogP contribution in [-0.4, -0.2) is 39.0 Å². The van der Waals surface area contributed by atoms with Gasteiger partial charge in [-0.05, 0) is 31.7 Å². The largest absolute Gasteiger partial charge is 0.382 e. The van der Waals surface area contributed by atoms with E-state index in [2.05, 4.69) is 19.2 Å². The van der Waals surface area contributed by atoms with E-state index in [0.29, 0.717) is 12.7 Å². The minimum absolute atomic E-state index is 0.210. The van der Waals surface area contributed by atoms with Gasteiger partial charge in [-0.2, -0.15) is 0 Å². The Bertz CT molecular complexity index is 199. The molecule has 1 aliphatic rings. The van der Waals surface area contributed by atoms with Crippen molar-refractivity contribution in [3.8, 4) is 0 Å². The molecule has 1 fully saturated rings. The highest BCUT2D eigenvalue weighted by Gasteiger charge is 2.24. The molecule has 3 heteroatoms. The van der Waals surface area contributed by atoms with Gasteiger partial charge in [0, 0.05) is 13.7 Å². The molecule has 0 bridgehead atoms. The average Bonchev–Trinajstić information content (AvgIpc) is 2.39. The van der Waals surface area contributed by atoms with Gasteiger partial charge in [-0.15, -0.1) is 0 Å². The van der Waals surface area contributed by atoms with Gasteiger partial charge < -0.3 is 14.8 Å². The van der Waals surface area contributed by atoms with Crippen molar-refractivity contribution in [3.63, 3.8) is 0 Å². The van der Waals surface area contributed by atoms with Crippen LogP contribution in [0.4, 0.5) is 0 Å². The van der Waals surface area contributed by atoms with Crippen molar-refractivity contribution in [2.45, 2.75) is 64.6 Å². The van der Waals surface area contributed by atoms with Gasteiger partial charge in [0.05, 0.1) is 18.8 Å². The van der Waals surface area contributed by atoms with E-state index in [1.165, 1.54) is 38.5 Å². The molecule has 0 saturated heterocycles. The molecular weight excluding hydrogens is 226 g/mol. The second-order valence-electron chi connectivity index (χ2n) is 5.48. The van der Waals surface area contributed by atoms with Crippen LogP contribution in [0.1, 0.15) is 52.4 Å². The molecule has 108 valence electrons. The van der Waals surface area contributed by atoms with Crippen molar-refractivity contribution < 1.29 is 9.47 Å². The van der Waals surface area contributed by atoms with Gasteiger partial charge in [-0.1, -0.05) is 33.1 Å². The molecule has 1 saturated carbocycles. The van der Waals surface area contributed by atoms with E-state index in [9.17, 15) is 0 Å². The monoisotopic (exact) mass is 257 g/mol. The van der Waals surface area contributed by atoms with Gasteiger partial charge >= 0.3 is 0 Å². The molecule has 0 aromatic heterocycles. The zero-order valence-corrected chi connectivity index (χ0v) is 12.4. The Morgan fingerprint density at radius 1 is 1.28 bits per heavy atom. The fourth-order valence-electron chi connectivity index (χ4n) is 2.78. The molecule has 0 radical (unpaired) electrons. The lowest BCUT2D eigenvalue weighted by Gasteiger charge is -2.31. The Balaban J connectivity index is 2.29. The zero-order valence-electron chi connectivity index (χ0n) is 12.4. The van der Waals surface area contributed by atoms with Crippen molar-refractivity contribution in [1.82, 2.24) is 5.32 Å². The minimum Gasteiger partial charge on any atom is -0.382 e. The summed E-state index contributed by atoms with van der Waals surface area (Å²) in [6.45, 7) is 7.15. The third kappa shape index (κ3) is 6.17. The lowest BCUT2D eigenvalue weighted by Crippen LogP contribution is -2.37. The van der Waals surface area contributed by atoms with Crippen molar-refractivity contribution >= 4 is 0 Å². The van der Waals surface area contributed by atoms with Crippen LogP contribution in [0.15, 0.2) is 0 Å². The first kappa shape index (κ1) is 15.9. The van der Waals surface area contributed by atoms with Crippen molar-refractivity contribution in [1.29, 1.82) is 0 Å². The summed E-state index contributed by atoms with van der Waals surface area (Å²) in [7, 11) is 1.76. The first-order valence-corrected chi connectivity index (χ1v) is 7.65. The predicted molar refractivity (Wildman–Crippen MR) is 75.9 cm³/mol. The average molecular weight is 257 g/mol. The van der Waals surface area contributed by atoms with E-state index in [-0.39, 0.29) is 6.10 Å². The van der Waals surface area contributed by atoms with E-state index < -0.39 is 0 Å². The zero-order chi connectivity index (χ0) is 13.2. The molecule has 1 aliphatic carbocycles. The number of hydrogen-bond donors (Lipinski definition) is 1. The van der Waals surface area contributed by atoms with Gasteiger partial charge in [0.25, 0.3) is 0 Å². The Morgan fingerprint density at radius 2 is 2.11 bits per heavy atom. The second kappa shape index (κ2) is 9.76. The van der Waals surface area contributed by atoms with Gasteiger partial charge in [-0.25, -0.2) is 0 Å². The van der Waals surface area contributed by atoms with Crippen LogP contribution in [-0.2, 0) is 9.47 Å². The Hall–Kier alpha value is -0.120. The summed E-state index contributed by atoms with van der Waals surface area (Å²) in [5.74, 6) is 0.871. The van der Waals surface area contributed by atoms with E-state index in [1.807, 2.05) is 0 Å². The predicted octanol–water partition coefficient (Wildman–Crippen LogP) is 2.99. The number of nitrogens with one attached hydrogen (secondary N) is 1. The molecule has 1 rings (SSSR count). The first-order chi connectivity index (χ1) is 8.80. The van der Waals surface area contributed by atoms with Crippen LogP contribution in [0, 0.1) is 5.92 Å². The van der Waals surface area contributed by atoms with Gasteiger partial charge in [0.15, 0.2) is 0 Å². The summed E-state index contributed by atoms with van der Waals surface area (Å²) < 4.78 is 11.5. The standard InChI is InChI=1S/C15H31NO2/c1-4-9-16-11-15(12-17-3)18-14-8-6-7-13(5-2)10-14/h13-16H,4-12H2,1-3H3. The smallest absolute Gasteiger partial charge is 0.0936 e. The van der Waals surface area contributed by atoms with Gasteiger partial charge in [0.1, 0.15) is 0 Å². The maximum atomic E-state index is 6.22. The molecule has 3 nitrogen and oxygen atoms in total. The molecule has 0 aromatic rings. The van der Waals surface area contributed by atoms with E-state index in [4.69, 9.17) is 9.47 Å². The van der Waals surface area contributed by atoms with Crippen molar-refractivity contribution in [2.75, 3.05) is 26.8 Å². The summed E-state index contributed by atoms with van der Waals surface area (Å²) in [6.07, 6.45) is 8.30. The Kier molecular flexibility index (Phi) is 8.64. The van der Waals surface area contributed by atoms with Gasteiger partial charge in [0.2, 0.25) is 0 Å². The number of hydrogen-bond acceptors (Lipinski definition) is 3. The molecule has 0 amide bonds. The second-order valence-corrected chi connectivity index (χ2v) is 5.48. The molecule has 18 heavy (non-hydrogen) atoms. The van der Waals surface area contributed by atoms with E-state index in [1.54, 1.807) is 7.11 Å². The SMILES string of the molecule is CCCNCC(COC)OC1CCCC(CC)C1. The number of ether oxygens (including phenoxy) is 2. The topological polar surface area (TPSA) is 30.5 Å². The number of methoxy groups -OCH3 is 1. The van der Waals surface area contributed by atoms with Crippen LogP contribution < -0.4 is 5.32 Å². The first-order valence-electron chi connectivity index (χ1n) is 7.65. The van der Waals surface area contributed by atoms with Crippen LogP contribution in [0.5, 0.6) is 0 Å². The fourth-order valence-corrected chi connectivity index (χ4v) is 2.78. The Labute approximate surface area is 113 Å². The summed E-state index contributed by atoms with van der Waals surface area (Å²) in [4.78, 5) is 0. The molecule has 1 N–H and O–H groups in total. The maximum absolute atomic E-state index is 6.22. The lowest BCUT2D eigenvalue weighted by atomic mass is 9.85. The maximum Gasteiger partial charge on any atom is 0.0936 e. The van der Waals surface area contributed by atoms with E-state index >= 15 is 0 Å². The third-order valence-electron chi connectivity index (χ3n) is 3.85. The minimum atomic E-state index is 0.210. The molecular formula is C15H31NO2. The molecule has 0 spiro atoms. The van der Waals surface area contributed by atoms with E-state index in [0.717, 1.165) is 19.0 Å². The third-order valence-corrected chi connectivity index (χ3v) is 3.85. The molecule has 0 heterocycles. The Morgan fingerprint density at radius 3 is 2.78 bits per heavy atom. The highest BCUT2D eigenvalue weighted by Crippen LogP contribution is 2.29. The highest BCUT2D eigenvalue weighted by atomic mass is 16.5. The summed E-state index contributed by atoms with van der Waals surface area (Å²) in [5.41, 5.74) is 0. The highest BCUT2D eigenvalue weighted by molar-refractivity contribution is 4.75. The summed E-state index contributed by atoms with van der Waals surface area (Å²) >= 11 is 0. The quantitative estimate of drug-likeness (QED) is 0.644. The summed E-state index contributed by atoms with van der Waals surface area (Å²) in [6, 6.07) is 0. The van der Waals surface area contributed by atoms with Crippen LogP contribution >= 0.6 is 0 Å². The van der Waals surface area contributed by atoms with Crippen LogP contribution in [0.3, 0.4) is 0 Å². The lowest BCUT2D eigenvalue weighted by molar-refractivity contribution is -0.0671. The van der Waals surface area contributed by atoms with Crippen LogP contribution in [0.2, 0.25) is 0 Å². The normalized spacial score (nSPS) is 26.2. The number of rotatable bonds is 9. The van der Waals surface area contributed by atoms with Crippen LogP contribution in [0.25, 0.3) is 0 Å². The van der Waals surface area contributed by atoms with Gasteiger partial charge in [-0.3, -0.25) is 0 Å². The molecule has 3 atom stereocenters. The molecule has 3 unspecified atom stereocenters. The van der Waals surface area contributed by atoms with Crippen molar-refractivity contribution in [3.05, 3.63) is 0 Å². The molecule has 0 aliphatic heterocycles. The van der Waals surface area contributed by atoms with Crippen molar-refractivity contribution in [2.24, 2.45) is 5.92 Å². The summed E-state index contributed by atoms with van der Waals surface area (Å²) in [5, 5.41) is 3.43.